The summed E-state index contributed by atoms with van der Waals surface area (Å²) in [6, 6.07) is 0.739. The largest absolute Gasteiger partial charge is 0.480 e. The van der Waals surface area contributed by atoms with Gasteiger partial charge in [-0.15, -0.1) is 11.6 Å². The number of carboxylic acid groups (broad SMARTS) is 1. The number of nitriles is 1. The molecule has 0 radical (unpaired) electrons. The van der Waals surface area contributed by atoms with E-state index in [1.807, 2.05) is 0 Å². The van der Waals surface area contributed by atoms with Crippen molar-refractivity contribution in [2.24, 2.45) is 5.41 Å². The van der Waals surface area contributed by atoms with E-state index in [9.17, 15) is 14.7 Å². The molecule has 18 heavy (non-hydrogen) atoms. The van der Waals surface area contributed by atoms with Gasteiger partial charge in [0.25, 0.3) is 0 Å². The Morgan fingerprint density at radius 2 is 1.94 bits per heavy atom. The van der Waals surface area contributed by atoms with Crippen molar-refractivity contribution in [2.45, 2.75) is 45.5 Å². The Morgan fingerprint density at radius 1 is 1.44 bits per heavy atom. The van der Waals surface area contributed by atoms with Crippen LogP contribution in [0, 0.1) is 16.7 Å². The minimum atomic E-state index is -1.09. The third-order valence-electron chi connectivity index (χ3n) is 2.36. The highest BCUT2D eigenvalue weighted by Gasteiger charge is 2.39. The number of hydrogen-bond donors (Lipinski definition) is 1. The fourth-order valence-corrected chi connectivity index (χ4v) is 1.91. The van der Waals surface area contributed by atoms with Crippen LogP contribution in [0.1, 0.15) is 34.1 Å². The first-order valence-corrected chi connectivity index (χ1v) is 6.08. The van der Waals surface area contributed by atoms with Crippen molar-refractivity contribution >= 4 is 23.5 Å². The molecule has 0 saturated carbocycles. The SMILES string of the molecule is C[C@@H](Cl)CN(C(=O)CC#N)C(C(=O)O)C(C)(C)C. The number of alkyl halides is 1. The van der Waals surface area contributed by atoms with Gasteiger partial charge < -0.3 is 10.0 Å². The van der Waals surface area contributed by atoms with Gasteiger partial charge in [-0.1, -0.05) is 20.8 Å². The van der Waals surface area contributed by atoms with Crippen molar-refractivity contribution in [3.05, 3.63) is 0 Å². The van der Waals surface area contributed by atoms with Gasteiger partial charge in [0.15, 0.2) is 0 Å². The Kier molecular flexibility index (Phi) is 6.13. The Morgan fingerprint density at radius 3 is 2.22 bits per heavy atom. The Bertz CT molecular complexity index is 355. The van der Waals surface area contributed by atoms with Gasteiger partial charge in [0, 0.05) is 11.9 Å². The predicted octanol–water partition coefficient (Wildman–Crippen LogP) is 1.86. The third kappa shape index (κ3) is 4.92. The van der Waals surface area contributed by atoms with E-state index in [2.05, 4.69) is 0 Å². The molecule has 0 saturated heterocycles. The van der Waals surface area contributed by atoms with Crippen LogP contribution >= 0.6 is 11.6 Å². The summed E-state index contributed by atoms with van der Waals surface area (Å²) in [4.78, 5) is 24.4. The molecule has 1 amide bonds. The molecular formula is C12H19ClN2O3. The van der Waals surface area contributed by atoms with Gasteiger partial charge in [0.2, 0.25) is 5.91 Å². The summed E-state index contributed by atoms with van der Waals surface area (Å²) in [5, 5.41) is 17.5. The van der Waals surface area contributed by atoms with Crippen LogP contribution in [-0.2, 0) is 9.59 Å². The summed E-state index contributed by atoms with van der Waals surface area (Å²) in [5.41, 5.74) is -0.636. The molecule has 0 aliphatic carbocycles. The second-order valence-corrected chi connectivity index (χ2v) is 6.01. The molecule has 6 heteroatoms. The van der Waals surface area contributed by atoms with E-state index >= 15 is 0 Å². The fraction of sp³-hybridized carbons (Fsp3) is 0.750. The molecule has 1 unspecified atom stereocenters. The smallest absolute Gasteiger partial charge is 0.326 e. The van der Waals surface area contributed by atoms with Crippen LogP contribution in [-0.4, -0.2) is 39.8 Å². The maximum atomic E-state index is 11.9. The van der Waals surface area contributed by atoms with Crippen molar-refractivity contribution in [2.75, 3.05) is 6.54 Å². The molecule has 0 aromatic carbocycles. The fourth-order valence-electron chi connectivity index (χ4n) is 1.76. The molecule has 0 aliphatic rings. The van der Waals surface area contributed by atoms with Gasteiger partial charge >= 0.3 is 5.97 Å². The number of halogens is 1. The van der Waals surface area contributed by atoms with Gasteiger partial charge in [-0.05, 0) is 12.3 Å². The molecule has 0 fully saturated rings. The zero-order valence-electron chi connectivity index (χ0n) is 11.1. The molecule has 0 aliphatic heterocycles. The lowest BCUT2D eigenvalue weighted by molar-refractivity contribution is -0.154. The Hall–Kier alpha value is -1.28. The molecule has 0 bridgehead atoms. The lowest BCUT2D eigenvalue weighted by Crippen LogP contribution is -2.53. The topological polar surface area (TPSA) is 81.4 Å². The number of carboxylic acids is 1. The lowest BCUT2D eigenvalue weighted by Gasteiger charge is -2.37. The number of carbonyl (C=O) groups is 2. The standard InChI is InChI=1S/C12H19ClN2O3/c1-8(13)7-15(9(16)5-6-14)10(11(17)18)12(2,3)4/h8,10H,5,7H2,1-4H3,(H,17,18)/t8-,10?/m1/s1. The summed E-state index contributed by atoms with van der Waals surface area (Å²) in [5.74, 6) is -1.60. The summed E-state index contributed by atoms with van der Waals surface area (Å²) in [6.45, 7) is 6.98. The number of rotatable bonds is 5. The molecule has 0 rings (SSSR count). The maximum absolute atomic E-state index is 11.9. The van der Waals surface area contributed by atoms with Crippen LogP contribution in [0.25, 0.3) is 0 Å². The van der Waals surface area contributed by atoms with E-state index in [1.165, 1.54) is 4.90 Å². The quantitative estimate of drug-likeness (QED) is 0.776. The molecule has 0 spiro atoms. The zero-order chi connectivity index (χ0) is 14.5. The van der Waals surface area contributed by atoms with Gasteiger partial charge in [0.1, 0.15) is 12.5 Å². The van der Waals surface area contributed by atoms with E-state index in [1.54, 1.807) is 33.8 Å². The van der Waals surface area contributed by atoms with Crippen molar-refractivity contribution in [1.82, 2.24) is 4.90 Å². The van der Waals surface area contributed by atoms with Crippen molar-refractivity contribution in [3.63, 3.8) is 0 Å². The van der Waals surface area contributed by atoms with Crippen LogP contribution < -0.4 is 0 Å². The van der Waals surface area contributed by atoms with E-state index in [-0.39, 0.29) is 18.3 Å². The van der Waals surface area contributed by atoms with Crippen LogP contribution in [0.4, 0.5) is 0 Å². The minimum absolute atomic E-state index is 0.107. The first kappa shape index (κ1) is 16.7. The number of nitrogens with zero attached hydrogens (tertiary/aromatic N) is 2. The molecule has 5 nitrogen and oxygen atoms in total. The molecule has 0 heterocycles. The van der Waals surface area contributed by atoms with Crippen molar-refractivity contribution < 1.29 is 14.7 Å². The second-order valence-electron chi connectivity index (χ2n) is 5.27. The van der Waals surface area contributed by atoms with Crippen LogP contribution in [0.2, 0.25) is 0 Å². The van der Waals surface area contributed by atoms with E-state index in [4.69, 9.17) is 16.9 Å². The minimum Gasteiger partial charge on any atom is -0.480 e. The average Bonchev–Trinajstić information content (AvgIpc) is 2.13. The predicted molar refractivity (Wildman–Crippen MR) is 68.1 cm³/mol. The van der Waals surface area contributed by atoms with E-state index in [0.29, 0.717) is 0 Å². The normalized spacial score (nSPS) is 14.4. The zero-order valence-corrected chi connectivity index (χ0v) is 11.9. The van der Waals surface area contributed by atoms with Gasteiger partial charge in [-0.25, -0.2) is 4.79 Å². The highest BCUT2D eigenvalue weighted by molar-refractivity contribution is 6.20. The number of amides is 1. The average molecular weight is 275 g/mol. The van der Waals surface area contributed by atoms with Crippen LogP contribution in [0.15, 0.2) is 0 Å². The summed E-state index contributed by atoms with van der Waals surface area (Å²) in [7, 11) is 0. The number of hydrogen-bond acceptors (Lipinski definition) is 3. The first-order valence-electron chi connectivity index (χ1n) is 5.64. The summed E-state index contributed by atoms with van der Waals surface area (Å²) >= 11 is 5.85. The molecular weight excluding hydrogens is 256 g/mol. The lowest BCUT2D eigenvalue weighted by atomic mass is 9.85. The van der Waals surface area contributed by atoms with Crippen molar-refractivity contribution in [1.29, 1.82) is 5.26 Å². The molecule has 0 aromatic rings. The van der Waals surface area contributed by atoms with E-state index < -0.39 is 23.3 Å². The molecule has 2 atom stereocenters. The molecule has 1 N–H and O–H groups in total. The maximum Gasteiger partial charge on any atom is 0.326 e. The monoisotopic (exact) mass is 274 g/mol. The Labute approximate surface area is 112 Å². The van der Waals surface area contributed by atoms with Gasteiger partial charge in [-0.3, -0.25) is 4.79 Å². The number of carbonyl (C=O) groups excluding carboxylic acids is 1. The van der Waals surface area contributed by atoms with E-state index in [0.717, 1.165) is 0 Å². The highest BCUT2D eigenvalue weighted by Crippen LogP contribution is 2.26. The summed E-state index contributed by atoms with van der Waals surface area (Å²) in [6.07, 6.45) is -0.344. The van der Waals surface area contributed by atoms with Gasteiger partial charge in [-0.2, -0.15) is 5.26 Å². The third-order valence-corrected chi connectivity index (χ3v) is 2.50. The van der Waals surface area contributed by atoms with Crippen LogP contribution in [0.3, 0.4) is 0 Å². The number of aliphatic carboxylic acids is 1. The summed E-state index contributed by atoms with van der Waals surface area (Å²) < 4.78 is 0. The first-order chi connectivity index (χ1) is 8.11. The van der Waals surface area contributed by atoms with Crippen molar-refractivity contribution in [3.8, 4) is 6.07 Å². The molecule has 0 aromatic heterocycles. The van der Waals surface area contributed by atoms with Gasteiger partial charge in [0.05, 0.1) is 6.07 Å². The highest BCUT2D eigenvalue weighted by atomic mass is 35.5. The second kappa shape index (κ2) is 6.60. The molecule has 102 valence electrons. The van der Waals surface area contributed by atoms with Crippen LogP contribution in [0.5, 0.6) is 0 Å². The Balaban J connectivity index is 5.31.